The molecular formula is C18H25ClN4O2. The molecule has 1 aliphatic rings. The van der Waals surface area contributed by atoms with E-state index < -0.39 is 0 Å². The van der Waals surface area contributed by atoms with Crippen LogP contribution in [0.3, 0.4) is 0 Å². The van der Waals surface area contributed by atoms with Crippen molar-refractivity contribution in [3.8, 4) is 11.4 Å². The molecule has 1 heterocycles. The zero-order valence-corrected chi connectivity index (χ0v) is 15.1. The molecule has 3 N–H and O–H groups in total. The van der Waals surface area contributed by atoms with Crippen LogP contribution in [0, 0.1) is 5.92 Å². The van der Waals surface area contributed by atoms with Crippen LogP contribution in [0.15, 0.2) is 28.8 Å². The van der Waals surface area contributed by atoms with Gasteiger partial charge in [-0.25, -0.2) is 0 Å². The molecule has 0 bridgehead atoms. The molecule has 7 heteroatoms. The number of benzene rings is 1. The molecule has 1 aromatic carbocycles. The van der Waals surface area contributed by atoms with Crippen molar-refractivity contribution in [2.45, 2.75) is 51.6 Å². The first kappa shape index (κ1) is 19.4. The fourth-order valence-electron chi connectivity index (χ4n) is 3.13. The van der Waals surface area contributed by atoms with Crippen molar-refractivity contribution in [2.24, 2.45) is 11.7 Å². The minimum absolute atomic E-state index is 0. The van der Waals surface area contributed by atoms with Gasteiger partial charge in [0.25, 0.3) is 0 Å². The number of nitrogens with one attached hydrogen (secondary N) is 1. The van der Waals surface area contributed by atoms with Crippen molar-refractivity contribution in [3.63, 3.8) is 0 Å². The SMILES string of the molecule is Cl.NCc1ccc(-c2noc(CNC(=O)CC3CCCCC3)n2)cc1. The first-order valence-electron chi connectivity index (χ1n) is 8.63. The molecule has 1 saturated carbocycles. The molecule has 25 heavy (non-hydrogen) atoms. The van der Waals surface area contributed by atoms with Gasteiger partial charge in [-0.1, -0.05) is 48.7 Å². The molecule has 1 fully saturated rings. The van der Waals surface area contributed by atoms with E-state index >= 15 is 0 Å². The van der Waals surface area contributed by atoms with Crippen LogP contribution in [0.4, 0.5) is 0 Å². The van der Waals surface area contributed by atoms with E-state index in [2.05, 4.69) is 15.5 Å². The van der Waals surface area contributed by atoms with Crippen molar-refractivity contribution in [1.82, 2.24) is 15.5 Å². The number of hydrogen-bond donors (Lipinski definition) is 2. The summed E-state index contributed by atoms with van der Waals surface area (Å²) in [6, 6.07) is 7.71. The molecule has 0 atom stereocenters. The maximum Gasteiger partial charge on any atom is 0.246 e. The van der Waals surface area contributed by atoms with Gasteiger partial charge in [-0.2, -0.15) is 4.98 Å². The zero-order valence-electron chi connectivity index (χ0n) is 14.2. The summed E-state index contributed by atoms with van der Waals surface area (Å²) in [5, 5.41) is 6.84. The highest BCUT2D eigenvalue weighted by atomic mass is 35.5. The predicted molar refractivity (Wildman–Crippen MR) is 97.9 cm³/mol. The van der Waals surface area contributed by atoms with Crippen molar-refractivity contribution in [3.05, 3.63) is 35.7 Å². The van der Waals surface area contributed by atoms with Gasteiger partial charge < -0.3 is 15.6 Å². The van der Waals surface area contributed by atoms with Gasteiger partial charge in [0.2, 0.25) is 17.6 Å². The lowest BCUT2D eigenvalue weighted by Crippen LogP contribution is -2.26. The van der Waals surface area contributed by atoms with Gasteiger partial charge in [-0.15, -0.1) is 12.4 Å². The first-order chi connectivity index (χ1) is 11.7. The third-order valence-corrected chi connectivity index (χ3v) is 4.55. The molecule has 1 aliphatic carbocycles. The van der Waals surface area contributed by atoms with Gasteiger partial charge in [0.15, 0.2) is 0 Å². The van der Waals surface area contributed by atoms with Crippen molar-refractivity contribution in [2.75, 3.05) is 0 Å². The van der Waals surface area contributed by atoms with E-state index in [0.717, 1.165) is 24.0 Å². The highest BCUT2D eigenvalue weighted by Gasteiger charge is 2.17. The smallest absolute Gasteiger partial charge is 0.246 e. The number of carbonyl (C=O) groups is 1. The van der Waals surface area contributed by atoms with Crippen LogP contribution >= 0.6 is 12.4 Å². The Morgan fingerprint density at radius 3 is 2.60 bits per heavy atom. The molecule has 2 aromatic rings. The molecule has 3 rings (SSSR count). The van der Waals surface area contributed by atoms with Gasteiger partial charge in [0, 0.05) is 18.5 Å². The van der Waals surface area contributed by atoms with Crippen LogP contribution in [-0.4, -0.2) is 16.0 Å². The van der Waals surface area contributed by atoms with Gasteiger partial charge >= 0.3 is 0 Å². The predicted octanol–water partition coefficient (Wildman–Crippen LogP) is 3.20. The highest BCUT2D eigenvalue weighted by Crippen LogP contribution is 2.26. The summed E-state index contributed by atoms with van der Waals surface area (Å²) in [5.74, 6) is 1.53. The van der Waals surface area contributed by atoms with Gasteiger partial charge in [0.1, 0.15) is 0 Å². The fraction of sp³-hybridized carbons (Fsp3) is 0.500. The van der Waals surface area contributed by atoms with E-state index in [1.807, 2.05) is 24.3 Å². The number of nitrogens with zero attached hydrogens (tertiary/aromatic N) is 2. The summed E-state index contributed by atoms with van der Waals surface area (Å²) < 4.78 is 5.22. The molecule has 0 unspecified atom stereocenters. The lowest BCUT2D eigenvalue weighted by molar-refractivity contribution is -0.122. The molecule has 1 aromatic heterocycles. The van der Waals surface area contributed by atoms with Crippen molar-refractivity contribution < 1.29 is 9.32 Å². The van der Waals surface area contributed by atoms with E-state index in [1.54, 1.807) is 0 Å². The molecule has 6 nitrogen and oxygen atoms in total. The largest absolute Gasteiger partial charge is 0.347 e. The quantitative estimate of drug-likeness (QED) is 0.820. The van der Waals surface area contributed by atoms with Crippen LogP contribution in [0.25, 0.3) is 11.4 Å². The monoisotopic (exact) mass is 364 g/mol. The van der Waals surface area contributed by atoms with E-state index in [1.165, 1.54) is 19.3 Å². The van der Waals surface area contributed by atoms with E-state index in [0.29, 0.717) is 30.6 Å². The van der Waals surface area contributed by atoms with Gasteiger partial charge in [0.05, 0.1) is 6.54 Å². The maximum atomic E-state index is 12.0. The normalized spacial score (nSPS) is 14.8. The van der Waals surface area contributed by atoms with Crippen LogP contribution < -0.4 is 11.1 Å². The number of nitrogens with two attached hydrogens (primary N) is 1. The van der Waals surface area contributed by atoms with Gasteiger partial charge in [-0.05, 0) is 24.3 Å². The number of rotatable bonds is 6. The summed E-state index contributed by atoms with van der Waals surface area (Å²) in [6.45, 7) is 0.782. The minimum atomic E-state index is 0. The maximum absolute atomic E-state index is 12.0. The first-order valence-corrected chi connectivity index (χ1v) is 8.63. The van der Waals surface area contributed by atoms with E-state index in [4.69, 9.17) is 10.3 Å². The van der Waals surface area contributed by atoms with Crippen molar-refractivity contribution in [1.29, 1.82) is 0 Å². The zero-order chi connectivity index (χ0) is 16.8. The molecular weight excluding hydrogens is 340 g/mol. The van der Waals surface area contributed by atoms with E-state index in [9.17, 15) is 4.79 Å². The number of aromatic nitrogens is 2. The standard InChI is InChI=1S/C18H24N4O2.ClH/c19-11-14-6-8-15(9-7-14)18-21-17(24-22-18)12-20-16(23)10-13-4-2-1-3-5-13;/h6-9,13H,1-5,10-12,19H2,(H,20,23);1H. The summed E-state index contributed by atoms with van der Waals surface area (Å²) in [5.41, 5.74) is 7.51. The lowest BCUT2D eigenvalue weighted by atomic mass is 9.87. The topological polar surface area (TPSA) is 94.0 Å². The molecule has 0 spiro atoms. The Kier molecular flexibility index (Phi) is 7.40. The van der Waals surface area contributed by atoms with Crippen LogP contribution in [0.2, 0.25) is 0 Å². The average molecular weight is 365 g/mol. The lowest BCUT2D eigenvalue weighted by Gasteiger charge is -2.20. The summed E-state index contributed by atoms with van der Waals surface area (Å²) in [7, 11) is 0. The molecule has 1 amide bonds. The number of amides is 1. The summed E-state index contributed by atoms with van der Waals surface area (Å²) in [4.78, 5) is 16.4. The molecule has 136 valence electrons. The fourth-order valence-corrected chi connectivity index (χ4v) is 3.13. The Hall–Kier alpha value is -1.92. The molecule has 0 aliphatic heterocycles. The van der Waals surface area contributed by atoms with Crippen LogP contribution in [0.1, 0.15) is 50.0 Å². The van der Waals surface area contributed by atoms with E-state index in [-0.39, 0.29) is 24.9 Å². The second kappa shape index (κ2) is 9.53. The third kappa shape index (κ3) is 5.54. The Bertz CT molecular complexity index is 666. The number of halogens is 1. The third-order valence-electron chi connectivity index (χ3n) is 4.55. The second-order valence-corrected chi connectivity index (χ2v) is 6.40. The minimum Gasteiger partial charge on any atom is -0.347 e. The number of carbonyl (C=O) groups excluding carboxylic acids is 1. The van der Waals surface area contributed by atoms with Gasteiger partial charge in [-0.3, -0.25) is 4.79 Å². The Labute approximate surface area is 154 Å². The summed E-state index contributed by atoms with van der Waals surface area (Å²) in [6.07, 6.45) is 6.71. The van der Waals surface area contributed by atoms with Crippen molar-refractivity contribution >= 4 is 18.3 Å². The van der Waals surface area contributed by atoms with Crippen LogP contribution in [-0.2, 0) is 17.9 Å². The molecule has 0 saturated heterocycles. The Morgan fingerprint density at radius 1 is 1.20 bits per heavy atom. The van der Waals surface area contributed by atoms with Crippen LogP contribution in [0.5, 0.6) is 0 Å². The number of hydrogen-bond acceptors (Lipinski definition) is 5. The highest BCUT2D eigenvalue weighted by molar-refractivity contribution is 5.85. The Balaban J connectivity index is 0.00000225. The summed E-state index contributed by atoms with van der Waals surface area (Å²) >= 11 is 0. The molecule has 0 radical (unpaired) electrons. The second-order valence-electron chi connectivity index (χ2n) is 6.40. The average Bonchev–Trinajstić information content (AvgIpc) is 3.10. The Morgan fingerprint density at radius 2 is 1.92 bits per heavy atom.